The topological polar surface area (TPSA) is 23.5 Å². The summed E-state index contributed by atoms with van der Waals surface area (Å²) in [5.41, 5.74) is 3.23. The number of benzene rings is 2. The monoisotopic (exact) mass is 335 g/mol. The molecule has 0 spiro atoms. The van der Waals surface area contributed by atoms with Gasteiger partial charge in [-0.05, 0) is 50.8 Å². The second-order valence-corrected chi connectivity index (χ2v) is 8.17. The lowest BCUT2D eigenvalue weighted by Gasteiger charge is -2.56. The first kappa shape index (κ1) is 17.9. The van der Waals surface area contributed by atoms with Gasteiger partial charge in [0.2, 0.25) is 0 Å². The molecule has 2 heteroatoms. The lowest BCUT2D eigenvalue weighted by atomic mass is 9.73. The van der Waals surface area contributed by atoms with Crippen LogP contribution in [0.5, 0.6) is 0 Å². The van der Waals surface area contributed by atoms with Crippen LogP contribution >= 0.6 is 0 Å². The molecular weight excluding hydrogens is 306 g/mol. The maximum atomic E-state index is 10.9. The van der Waals surface area contributed by atoms with Gasteiger partial charge in [-0.2, -0.15) is 0 Å². The van der Waals surface area contributed by atoms with Gasteiger partial charge < -0.3 is 5.11 Å². The van der Waals surface area contributed by atoms with E-state index in [-0.39, 0.29) is 11.1 Å². The van der Waals surface area contributed by atoms with Crippen molar-refractivity contribution >= 4 is 6.08 Å². The van der Waals surface area contributed by atoms with Crippen LogP contribution in [0.2, 0.25) is 0 Å². The Balaban J connectivity index is 2.00. The molecule has 0 aliphatic carbocycles. The van der Waals surface area contributed by atoms with Crippen LogP contribution in [0.4, 0.5) is 0 Å². The molecular formula is C23H29NO. The van der Waals surface area contributed by atoms with Crippen LogP contribution in [0, 0.1) is 0 Å². The van der Waals surface area contributed by atoms with Gasteiger partial charge in [0, 0.05) is 17.6 Å². The summed E-state index contributed by atoms with van der Waals surface area (Å²) in [5.74, 6) is 0. The maximum Gasteiger partial charge on any atom is 0.0788 e. The van der Waals surface area contributed by atoms with Crippen LogP contribution in [-0.2, 0) is 6.54 Å². The first-order valence-corrected chi connectivity index (χ1v) is 9.07. The molecule has 1 saturated heterocycles. The van der Waals surface area contributed by atoms with E-state index >= 15 is 0 Å². The van der Waals surface area contributed by atoms with Crippen molar-refractivity contribution in [2.24, 2.45) is 0 Å². The highest BCUT2D eigenvalue weighted by Crippen LogP contribution is 2.43. The number of piperidine rings is 1. The molecule has 132 valence electrons. The summed E-state index contributed by atoms with van der Waals surface area (Å²) in [6.07, 6.45) is 2.48. The first-order valence-electron chi connectivity index (χ1n) is 9.07. The minimum absolute atomic E-state index is 0.0766. The summed E-state index contributed by atoms with van der Waals surface area (Å²) >= 11 is 0. The third-order valence-electron chi connectivity index (χ3n) is 5.47. The molecule has 0 saturated carbocycles. The molecule has 2 nitrogen and oxygen atoms in total. The van der Waals surface area contributed by atoms with E-state index in [1.165, 1.54) is 5.56 Å². The van der Waals surface area contributed by atoms with Gasteiger partial charge in [0.15, 0.2) is 0 Å². The fourth-order valence-electron chi connectivity index (χ4n) is 4.19. The number of hydrogen-bond acceptors (Lipinski definition) is 2. The minimum atomic E-state index is -0.419. The molecule has 3 rings (SSSR count). The van der Waals surface area contributed by atoms with Crippen LogP contribution in [0.15, 0.2) is 66.2 Å². The SMILES string of the molecule is CC1(C)CC(O)C(=Cc2ccccc2)C(C)(C)N1Cc1ccccc1. The van der Waals surface area contributed by atoms with Crippen LogP contribution in [-0.4, -0.2) is 27.2 Å². The highest BCUT2D eigenvalue weighted by Gasteiger charge is 2.47. The molecule has 2 aromatic rings. The summed E-state index contributed by atoms with van der Waals surface area (Å²) in [4.78, 5) is 2.52. The highest BCUT2D eigenvalue weighted by atomic mass is 16.3. The molecule has 0 radical (unpaired) electrons. The Morgan fingerprint density at radius 2 is 1.52 bits per heavy atom. The summed E-state index contributed by atoms with van der Waals surface area (Å²) in [6, 6.07) is 20.9. The standard InChI is InChI=1S/C23H29NO/c1-22(2)16-21(25)20(15-18-11-7-5-8-12-18)23(3,4)24(22)17-19-13-9-6-10-14-19/h5-15,21,25H,16-17H2,1-4H3. The normalized spacial score (nSPS) is 24.4. The summed E-state index contributed by atoms with van der Waals surface area (Å²) < 4.78 is 0. The first-order chi connectivity index (χ1) is 11.8. The molecule has 0 bridgehead atoms. The number of hydrogen-bond donors (Lipinski definition) is 1. The van der Waals surface area contributed by atoms with Gasteiger partial charge in [-0.1, -0.05) is 66.7 Å². The van der Waals surface area contributed by atoms with Crippen molar-refractivity contribution in [1.29, 1.82) is 0 Å². The lowest BCUT2D eigenvalue weighted by molar-refractivity contribution is -0.0433. The van der Waals surface area contributed by atoms with Crippen molar-refractivity contribution < 1.29 is 5.11 Å². The van der Waals surface area contributed by atoms with Gasteiger partial charge in [0.05, 0.1) is 6.10 Å². The van der Waals surface area contributed by atoms with Crippen LogP contribution < -0.4 is 0 Å². The minimum Gasteiger partial charge on any atom is -0.389 e. The van der Waals surface area contributed by atoms with E-state index in [1.807, 2.05) is 18.2 Å². The van der Waals surface area contributed by atoms with Gasteiger partial charge >= 0.3 is 0 Å². The van der Waals surface area contributed by atoms with E-state index in [2.05, 4.69) is 81.1 Å². The van der Waals surface area contributed by atoms with Crippen molar-refractivity contribution in [2.75, 3.05) is 0 Å². The van der Waals surface area contributed by atoms with E-state index in [4.69, 9.17) is 0 Å². The number of rotatable bonds is 3. The number of nitrogens with zero attached hydrogens (tertiary/aromatic N) is 1. The van der Waals surface area contributed by atoms with Crippen molar-refractivity contribution in [2.45, 2.75) is 57.8 Å². The number of aliphatic hydroxyl groups is 1. The predicted molar refractivity (Wildman–Crippen MR) is 105 cm³/mol. The number of likely N-dealkylation sites (tertiary alicyclic amines) is 1. The maximum absolute atomic E-state index is 10.9. The van der Waals surface area contributed by atoms with Gasteiger partial charge in [-0.15, -0.1) is 0 Å². The Morgan fingerprint density at radius 1 is 0.960 bits per heavy atom. The van der Waals surface area contributed by atoms with Crippen LogP contribution in [0.1, 0.15) is 45.2 Å². The Kier molecular flexibility index (Phi) is 4.86. The van der Waals surface area contributed by atoms with Crippen molar-refractivity contribution in [3.63, 3.8) is 0 Å². The Bertz CT molecular complexity index is 731. The van der Waals surface area contributed by atoms with Gasteiger partial charge in [0.25, 0.3) is 0 Å². The Morgan fingerprint density at radius 3 is 2.12 bits per heavy atom. The summed E-state index contributed by atoms with van der Waals surface area (Å²) in [6.45, 7) is 9.81. The fourth-order valence-corrected chi connectivity index (χ4v) is 4.19. The zero-order valence-corrected chi connectivity index (χ0v) is 15.7. The average Bonchev–Trinajstić information content (AvgIpc) is 2.57. The lowest BCUT2D eigenvalue weighted by Crippen LogP contribution is -2.62. The molecule has 1 unspecified atom stereocenters. The molecule has 1 aliphatic rings. The highest BCUT2D eigenvalue weighted by molar-refractivity contribution is 5.57. The Labute approximate surface area is 151 Å². The van der Waals surface area contributed by atoms with Crippen LogP contribution in [0.3, 0.4) is 0 Å². The van der Waals surface area contributed by atoms with E-state index in [0.29, 0.717) is 0 Å². The molecule has 1 atom stereocenters. The molecule has 1 aliphatic heterocycles. The van der Waals surface area contributed by atoms with Gasteiger partial charge in [-0.25, -0.2) is 0 Å². The number of aliphatic hydroxyl groups excluding tert-OH is 1. The third-order valence-corrected chi connectivity index (χ3v) is 5.47. The zero-order chi connectivity index (χ0) is 18.1. The van der Waals surface area contributed by atoms with Crippen molar-refractivity contribution in [3.05, 3.63) is 77.4 Å². The molecule has 25 heavy (non-hydrogen) atoms. The summed E-state index contributed by atoms with van der Waals surface area (Å²) in [7, 11) is 0. The molecule has 2 aromatic carbocycles. The molecule has 0 amide bonds. The third kappa shape index (κ3) is 3.70. The van der Waals surface area contributed by atoms with Crippen molar-refractivity contribution in [3.8, 4) is 0 Å². The quantitative estimate of drug-likeness (QED) is 0.863. The molecule has 1 fully saturated rings. The molecule has 0 aromatic heterocycles. The largest absolute Gasteiger partial charge is 0.389 e. The Hall–Kier alpha value is -1.90. The predicted octanol–water partition coefficient (Wildman–Crippen LogP) is 4.89. The van der Waals surface area contributed by atoms with E-state index in [1.54, 1.807) is 0 Å². The van der Waals surface area contributed by atoms with E-state index in [9.17, 15) is 5.11 Å². The van der Waals surface area contributed by atoms with Gasteiger partial charge in [-0.3, -0.25) is 4.90 Å². The average molecular weight is 335 g/mol. The van der Waals surface area contributed by atoms with Crippen LogP contribution in [0.25, 0.3) is 6.08 Å². The van der Waals surface area contributed by atoms with Crippen molar-refractivity contribution in [1.82, 2.24) is 4.90 Å². The smallest absolute Gasteiger partial charge is 0.0788 e. The molecule has 1 N–H and O–H groups in total. The van der Waals surface area contributed by atoms with E-state index < -0.39 is 6.10 Å². The fraction of sp³-hybridized carbons (Fsp3) is 0.391. The van der Waals surface area contributed by atoms with Gasteiger partial charge in [0.1, 0.15) is 0 Å². The molecule has 1 heterocycles. The zero-order valence-electron chi connectivity index (χ0n) is 15.7. The van der Waals surface area contributed by atoms with E-state index in [0.717, 1.165) is 24.1 Å². The second-order valence-electron chi connectivity index (χ2n) is 8.17. The second kappa shape index (κ2) is 6.78. The summed E-state index contributed by atoms with van der Waals surface area (Å²) in [5, 5.41) is 10.9.